The van der Waals surface area contributed by atoms with Crippen molar-refractivity contribution in [1.29, 1.82) is 0 Å². The number of anilines is 1. The van der Waals surface area contributed by atoms with E-state index in [2.05, 4.69) is 28.4 Å². The van der Waals surface area contributed by atoms with E-state index in [-0.39, 0.29) is 23.6 Å². The van der Waals surface area contributed by atoms with Crippen molar-refractivity contribution in [3.63, 3.8) is 0 Å². The molecule has 4 heterocycles. The number of amides is 1. The summed E-state index contributed by atoms with van der Waals surface area (Å²) < 4.78 is 18.8. The molecular formula is C26H24FN7O. The molecule has 9 heteroatoms. The van der Waals surface area contributed by atoms with Crippen LogP contribution in [0, 0.1) is 17.7 Å². The molecule has 1 amide bonds. The zero-order valence-electron chi connectivity index (χ0n) is 19.3. The smallest absolute Gasteiger partial charge is 0.246 e. The van der Waals surface area contributed by atoms with Gasteiger partial charge in [0.2, 0.25) is 5.91 Å². The summed E-state index contributed by atoms with van der Waals surface area (Å²) >= 11 is 0. The minimum atomic E-state index is -0.398. The number of fused-ring (bicyclic) bond motifs is 2. The van der Waals surface area contributed by atoms with Gasteiger partial charge in [0.05, 0.1) is 39.9 Å². The zero-order chi connectivity index (χ0) is 24.3. The summed E-state index contributed by atoms with van der Waals surface area (Å²) in [6.07, 6.45) is 7.65. The van der Waals surface area contributed by atoms with Gasteiger partial charge < -0.3 is 15.2 Å². The Morgan fingerprint density at radius 3 is 2.83 bits per heavy atom. The Morgan fingerprint density at radius 2 is 2.06 bits per heavy atom. The van der Waals surface area contributed by atoms with Crippen molar-refractivity contribution in [3.05, 3.63) is 60.5 Å². The number of carbonyl (C=O) groups is 1. The van der Waals surface area contributed by atoms with Crippen LogP contribution < -0.4 is 5.73 Å². The molecule has 2 aliphatic rings. The van der Waals surface area contributed by atoms with E-state index in [0.29, 0.717) is 35.0 Å². The number of aromatic nitrogens is 5. The number of likely N-dealkylation sites (tertiary alicyclic amines) is 1. The summed E-state index contributed by atoms with van der Waals surface area (Å²) in [5, 5.41) is 5.37. The Balaban J connectivity index is 1.40. The minimum absolute atomic E-state index is 0.0479. The molecule has 1 unspecified atom stereocenters. The molecule has 1 saturated carbocycles. The zero-order valence-corrected chi connectivity index (χ0v) is 19.3. The first-order chi connectivity index (χ1) is 16.9. The number of hydrogen-bond acceptors (Lipinski definition) is 5. The number of nitrogen functional groups attached to an aromatic ring is 1. The summed E-state index contributed by atoms with van der Waals surface area (Å²) in [5.74, 6) is 5.76. The van der Waals surface area contributed by atoms with Gasteiger partial charge in [-0.1, -0.05) is 12.5 Å². The first-order valence-electron chi connectivity index (χ1n) is 11.7. The first kappa shape index (κ1) is 21.4. The lowest BCUT2D eigenvalue weighted by atomic mass is 10.1. The highest BCUT2D eigenvalue weighted by atomic mass is 19.1. The Labute approximate surface area is 201 Å². The van der Waals surface area contributed by atoms with Crippen molar-refractivity contribution in [2.75, 3.05) is 12.3 Å². The molecule has 2 atom stereocenters. The third-order valence-corrected chi connectivity index (χ3v) is 6.93. The van der Waals surface area contributed by atoms with Crippen LogP contribution in [0.25, 0.3) is 21.9 Å². The van der Waals surface area contributed by atoms with E-state index in [1.165, 1.54) is 12.1 Å². The Morgan fingerprint density at radius 1 is 1.23 bits per heavy atom. The molecule has 1 aliphatic heterocycles. The SMILES string of the molecule is C=CC(=O)N1CC(n2nc(C#Cc3cc4ncn(C5CC5)c4cc3F)c3c(N)nccc32)C[C@@H]1C. The number of hydrogen-bond donors (Lipinski definition) is 1. The molecule has 1 saturated heterocycles. The Kier molecular flexibility index (Phi) is 4.85. The molecular weight excluding hydrogens is 445 g/mol. The lowest BCUT2D eigenvalue weighted by Gasteiger charge is -2.19. The lowest BCUT2D eigenvalue weighted by molar-refractivity contribution is -0.126. The Hall–Kier alpha value is -4.19. The van der Waals surface area contributed by atoms with E-state index in [1.807, 2.05) is 22.2 Å². The van der Waals surface area contributed by atoms with Gasteiger partial charge in [-0.3, -0.25) is 9.48 Å². The van der Waals surface area contributed by atoms with Gasteiger partial charge in [-0.2, -0.15) is 5.10 Å². The number of benzene rings is 1. The number of nitrogens with two attached hydrogens (primary N) is 1. The molecule has 0 spiro atoms. The quantitative estimate of drug-likeness (QED) is 0.366. The van der Waals surface area contributed by atoms with Gasteiger partial charge in [0.15, 0.2) is 0 Å². The van der Waals surface area contributed by atoms with Crippen LogP contribution in [0.4, 0.5) is 10.2 Å². The van der Waals surface area contributed by atoms with Gasteiger partial charge in [0.25, 0.3) is 0 Å². The van der Waals surface area contributed by atoms with Crippen molar-refractivity contribution >= 4 is 33.7 Å². The molecule has 2 fully saturated rings. The highest BCUT2D eigenvalue weighted by molar-refractivity contribution is 5.93. The molecule has 0 bridgehead atoms. The number of imidazole rings is 1. The maximum Gasteiger partial charge on any atom is 0.246 e. The predicted molar refractivity (Wildman–Crippen MR) is 131 cm³/mol. The predicted octanol–water partition coefficient (Wildman–Crippen LogP) is 3.58. The van der Waals surface area contributed by atoms with Gasteiger partial charge >= 0.3 is 0 Å². The van der Waals surface area contributed by atoms with Gasteiger partial charge in [-0.15, -0.1) is 0 Å². The average molecular weight is 470 g/mol. The number of rotatable bonds is 3. The van der Waals surface area contributed by atoms with E-state index in [9.17, 15) is 9.18 Å². The van der Waals surface area contributed by atoms with Crippen molar-refractivity contribution in [2.45, 2.75) is 44.3 Å². The normalized spacial score (nSPS) is 19.8. The second kappa shape index (κ2) is 7.94. The first-order valence-corrected chi connectivity index (χ1v) is 11.7. The van der Waals surface area contributed by atoms with Crippen LogP contribution in [-0.4, -0.2) is 47.7 Å². The molecule has 2 N–H and O–H groups in total. The molecule has 1 aromatic carbocycles. The number of nitrogens with zero attached hydrogens (tertiary/aromatic N) is 6. The molecule has 3 aromatic heterocycles. The molecule has 176 valence electrons. The minimum Gasteiger partial charge on any atom is -0.383 e. The molecule has 6 rings (SSSR count). The highest BCUT2D eigenvalue weighted by Crippen LogP contribution is 2.37. The molecule has 8 nitrogen and oxygen atoms in total. The van der Waals surface area contributed by atoms with Crippen molar-refractivity contribution in [1.82, 2.24) is 29.2 Å². The number of halogens is 1. The van der Waals surface area contributed by atoms with E-state index in [4.69, 9.17) is 10.8 Å². The molecule has 1 aliphatic carbocycles. The molecule has 4 aromatic rings. The number of pyridine rings is 1. The monoisotopic (exact) mass is 469 g/mol. The van der Waals surface area contributed by atoms with E-state index in [1.54, 1.807) is 23.5 Å². The second-order valence-electron chi connectivity index (χ2n) is 9.27. The standard InChI is InChI=1S/C26H24FN7O/c1-3-24(35)32-13-18(10-15(32)2)34-22-8-9-29-26(28)25(22)20(31-34)7-4-16-11-21-23(12-19(16)27)33(14-30-21)17-5-6-17/h3,8-9,11-12,14-15,17-18H,1,5-6,10,13H2,2H3,(H2,28,29)/t15-,18?/m0/s1. The Bertz CT molecular complexity index is 1570. The fourth-order valence-electron chi connectivity index (χ4n) is 5.00. The van der Waals surface area contributed by atoms with Crippen molar-refractivity contribution in [2.24, 2.45) is 0 Å². The van der Waals surface area contributed by atoms with Crippen molar-refractivity contribution in [3.8, 4) is 11.8 Å². The molecule has 0 radical (unpaired) electrons. The van der Waals surface area contributed by atoms with Crippen LogP contribution in [0.3, 0.4) is 0 Å². The van der Waals surface area contributed by atoms with Crippen LogP contribution in [0.2, 0.25) is 0 Å². The van der Waals surface area contributed by atoms with Crippen LogP contribution in [0.1, 0.15) is 49.5 Å². The van der Waals surface area contributed by atoms with Gasteiger partial charge in [-0.05, 0) is 50.3 Å². The van der Waals surface area contributed by atoms with Gasteiger partial charge in [0.1, 0.15) is 17.3 Å². The maximum atomic E-state index is 15.0. The summed E-state index contributed by atoms with van der Waals surface area (Å²) in [6, 6.07) is 5.43. The highest BCUT2D eigenvalue weighted by Gasteiger charge is 2.34. The van der Waals surface area contributed by atoms with Crippen LogP contribution in [-0.2, 0) is 4.79 Å². The van der Waals surface area contributed by atoms with Crippen LogP contribution in [0.5, 0.6) is 0 Å². The fourth-order valence-corrected chi connectivity index (χ4v) is 5.00. The van der Waals surface area contributed by atoms with Crippen molar-refractivity contribution < 1.29 is 9.18 Å². The van der Waals surface area contributed by atoms with Gasteiger partial charge in [0, 0.05) is 30.9 Å². The summed E-state index contributed by atoms with van der Waals surface area (Å²) in [7, 11) is 0. The third-order valence-electron chi connectivity index (χ3n) is 6.93. The third kappa shape index (κ3) is 3.53. The molecule has 35 heavy (non-hydrogen) atoms. The van der Waals surface area contributed by atoms with E-state index >= 15 is 0 Å². The van der Waals surface area contributed by atoms with E-state index < -0.39 is 5.82 Å². The van der Waals surface area contributed by atoms with Crippen LogP contribution >= 0.6 is 0 Å². The summed E-state index contributed by atoms with van der Waals surface area (Å²) in [6.45, 7) is 6.12. The average Bonchev–Trinajstić information content (AvgIpc) is 3.33. The van der Waals surface area contributed by atoms with Crippen LogP contribution in [0.15, 0.2) is 43.4 Å². The topological polar surface area (TPSA) is 94.9 Å². The fraction of sp³-hybridized carbons (Fsp3) is 0.308. The second-order valence-corrected chi connectivity index (χ2v) is 9.27. The van der Waals surface area contributed by atoms with Gasteiger partial charge in [-0.25, -0.2) is 14.4 Å². The largest absolute Gasteiger partial charge is 0.383 e. The van der Waals surface area contributed by atoms with E-state index in [0.717, 1.165) is 30.3 Å². The summed E-state index contributed by atoms with van der Waals surface area (Å²) in [5.41, 5.74) is 9.17. The maximum absolute atomic E-state index is 15.0. The number of carbonyl (C=O) groups excluding carboxylic acids is 1. The lowest BCUT2D eigenvalue weighted by Crippen LogP contribution is -2.32. The summed E-state index contributed by atoms with van der Waals surface area (Å²) in [4.78, 5) is 22.7.